The first-order valence-corrected chi connectivity index (χ1v) is 7.88. The lowest BCUT2D eigenvalue weighted by Gasteiger charge is -2.35. The molecule has 0 aliphatic carbocycles. The molecule has 0 saturated carbocycles. The van der Waals surface area contributed by atoms with Gasteiger partial charge in [-0.1, -0.05) is 25.1 Å². The molecule has 1 rings (SSSR count). The summed E-state index contributed by atoms with van der Waals surface area (Å²) < 4.78 is 56.2. The van der Waals surface area contributed by atoms with E-state index in [0.717, 1.165) is 6.07 Å². The van der Waals surface area contributed by atoms with Crippen LogP contribution in [0.4, 0.5) is 13.2 Å². The monoisotopic (exact) mass is 323 g/mol. The number of alkyl halides is 2. The normalized spacial score (nSPS) is 18.8. The van der Waals surface area contributed by atoms with Crippen LogP contribution in [-0.2, 0) is 16.5 Å². The highest BCUT2D eigenvalue weighted by atomic mass is 32.2. The van der Waals surface area contributed by atoms with Crippen LogP contribution in [0.3, 0.4) is 0 Å². The molecule has 1 aromatic carbocycles. The second kappa shape index (κ2) is 7.91. The number of nitrogens with one attached hydrogen (secondary N) is 1. The lowest BCUT2D eigenvalue weighted by atomic mass is 9.87. The first kappa shape index (κ1) is 18.1. The molecule has 0 radical (unpaired) electrons. The maximum absolute atomic E-state index is 14.2. The molecule has 0 aliphatic rings. The lowest BCUT2D eigenvalue weighted by molar-refractivity contribution is 0.0744. The number of hydrogen-bond acceptors (Lipinski definition) is 2. The fourth-order valence-electron chi connectivity index (χ4n) is 1.88. The van der Waals surface area contributed by atoms with Crippen LogP contribution in [0.15, 0.2) is 24.3 Å². The van der Waals surface area contributed by atoms with Crippen LogP contribution in [0.2, 0.25) is 0 Å². The summed E-state index contributed by atoms with van der Waals surface area (Å²) in [5, 5.41) is 8.69. The van der Waals surface area contributed by atoms with Crippen LogP contribution in [0, 0.1) is 5.82 Å². The van der Waals surface area contributed by atoms with E-state index >= 15 is 0 Å². The number of rotatable bonds is 8. The van der Waals surface area contributed by atoms with Crippen molar-refractivity contribution in [2.24, 2.45) is 0 Å². The van der Waals surface area contributed by atoms with Crippen LogP contribution in [0.5, 0.6) is 0 Å². The van der Waals surface area contributed by atoms with E-state index < -0.39 is 41.8 Å². The lowest BCUT2D eigenvalue weighted by Crippen LogP contribution is -2.55. The van der Waals surface area contributed by atoms with Gasteiger partial charge in [-0.3, -0.25) is 0 Å². The summed E-state index contributed by atoms with van der Waals surface area (Å²) in [5.41, 5.74) is -2.46. The molecule has 3 nitrogen and oxygen atoms in total. The molecule has 0 aromatic heterocycles. The second-order valence-corrected chi connectivity index (χ2v) is 6.46. The highest BCUT2D eigenvalue weighted by Gasteiger charge is 2.44. The Balaban J connectivity index is 3.29. The number of hydrogen-bond donors (Lipinski definition) is 2. The van der Waals surface area contributed by atoms with E-state index in [1.165, 1.54) is 18.2 Å². The Morgan fingerprint density at radius 1 is 1.43 bits per heavy atom. The molecule has 1 unspecified atom stereocenters. The molecule has 0 saturated heterocycles. The Morgan fingerprint density at radius 3 is 2.52 bits per heavy atom. The van der Waals surface area contributed by atoms with Gasteiger partial charge in [0.2, 0.25) is 0 Å². The van der Waals surface area contributed by atoms with E-state index in [9.17, 15) is 17.4 Å². The van der Waals surface area contributed by atoms with Crippen LogP contribution in [0.25, 0.3) is 0 Å². The summed E-state index contributed by atoms with van der Waals surface area (Å²) in [6.07, 6.45) is -1.61. The number of halogens is 3. The number of aliphatic hydroxyl groups excluding tert-OH is 1. The van der Waals surface area contributed by atoms with Crippen LogP contribution < -0.4 is 4.72 Å². The molecular weight excluding hydrogens is 303 g/mol. The summed E-state index contributed by atoms with van der Waals surface area (Å²) in [6.45, 7) is 1.09. The third-order valence-corrected chi connectivity index (χ3v) is 5.11. The van der Waals surface area contributed by atoms with Gasteiger partial charge >= 0.3 is 0 Å². The molecular formula is C14H20F3NO2S. The van der Waals surface area contributed by atoms with Gasteiger partial charge in [-0.15, -0.1) is 0 Å². The van der Waals surface area contributed by atoms with Gasteiger partial charge in [-0.25, -0.2) is 22.1 Å². The van der Waals surface area contributed by atoms with E-state index in [1.54, 1.807) is 13.8 Å². The van der Waals surface area contributed by atoms with Gasteiger partial charge in [0.25, 0.3) is 0 Å². The van der Waals surface area contributed by atoms with E-state index in [0.29, 0.717) is 6.42 Å². The van der Waals surface area contributed by atoms with E-state index in [2.05, 4.69) is 4.72 Å². The fourth-order valence-corrected chi connectivity index (χ4v) is 3.04. The number of benzene rings is 1. The summed E-state index contributed by atoms with van der Waals surface area (Å²) in [7, 11) is -1.77. The molecule has 2 N–H and O–H groups in total. The predicted octanol–water partition coefficient (Wildman–Crippen LogP) is 2.37. The first-order chi connectivity index (χ1) is 9.92. The average Bonchev–Trinajstić information content (AvgIpc) is 2.51. The third-order valence-electron chi connectivity index (χ3n) is 3.48. The molecule has 120 valence electrons. The molecule has 0 heterocycles. The topological polar surface area (TPSA) is 49.3 Å². The van der Waals surface area contributed by atoms with Crippen molar-refractivity contribution < 1.29 is 22.5 Å². The van der Waals surface area contributed by atoms with Gasteiger partial charge in [0, 0.05) is 10.8 Å². The zero-order valence-electron chi connectivity index (χ0n) is 12.0. The Hall–Kier alpha value is -0.920. The van der Waals surface area contributed by atoms with Crippen molar-refractivity contribution in [1.29, 1.82) is 0 Å². The van der Waals surface area contributed by atoms with Crippen LogP contribution in [0.1, 0.15) is 25.8 Å². The molecule has 0 fully saturated rings. The summed E-state index contributed by atoms with van der Waals surface area (Å²) >= 11 is 0. The third kappa shape index (κ3) is 3.84. The minimum Gasteiger partial charge on any atom is -0.393 e. The largest absolute Gasteiger partial charge is 0.393 e. The highest BCUT2D eigenvalue weighted by molar-refractivity contribution is 7.83. The van der Waals surface area contributed by atoms with Gasteiger partial charge in [-0.05, 0) is 19.4 Å². The van der Waals surface area contributed by atoms with Gasteiger partial charge in [0.05, 0.1) is 17.6 Å². The van der Waals surface area contributed by atoms with Crippen LogP contribution in [-0.4, -0.2) is 34.0 Å². The molecule has 0 spiro atoms. The minimum absolute atomic E-state index is 0.286. The Bertz CT molecular complexity index is 489. The molecule has 0 amide bonds. The highest BCUT2D eigenvalue weighted by Crippen LogP contribution is 2.31. The smallest absolute Gasteiger partial charge is 0.149 e. The van der Waals surface area contributed by atoms with E-state index in [-0.39, 0.29) is 10.8 Å². The maximum atomic E-state index is 14.2. The molecule has 0 aliphatic heterocycles. The van der Waals surface area contributed by atoms with Crippen molar-refractivity contribution in [3.05, 3.63) is 35.6 Å². The van der Waals surface area contributed by atoms with Gasteiger partial charge in [0.1, 0.15) is 24.2 Å². The van der Waals surface area contributed by atoms with Crippen molar-refractivity contribution in [3.8, 4) is 0 Å². The van der Waals surface area contributed by atoms with Crippen molar-refractivity contribution >= 4 is 11.0 Å². The van der Waals surface area contributed by atoms with Gasteiger partial charge in [0.15, 0.2) is 0 Å². The molecule has 0 bridgehead atoms. The zero-order chi connectivity index (χ0) is 16.0. The Morgan fingerprint density at radius 2 is 2.05 bits per heavy atom. The second-order valence-electron chi connectivity index (χ2n) is 4.85. The summed E-state index contributed by atoms with van der Waals surface area (Å²) in [6, 6.07) is 5.11. The van der Waals surface area contributed by atoms with Gasteiger partial charge in [-0.2, -0.15) is 0 Å². The molecule has 4 atom stereocenters. The SMILES string of the molecule is CC[C@@H](C)S(=O)N[C@](CF)(c1ccccc1F)[C@@H](F)CO. The van der Waals surface area contributed by atoms with E-state index in [4.69, 9.17) is 5.11 Å². The molecule has 7 heteroatoms. The first-order valence-electron chi connectivity index (χ1n) is 6.67. The van der Waals surface area contributed by atoms with Crippen molar-refractivity contribution in [1.82, 2.24) is 4.72 Å². The molecule has 21 heavy (non-hydrogen) atoms. The fraction of sp³-hybridized carbons (Fsp3) is 0.571. The van der Waals surface area contributed by atoms with Gasteiger partial charge < -0.3 is 5.11 Å². The Labute approximate surface area is 125 Å². The summed E-state index contributed by atoms with van der Waals surface area (Å²) in [4.78, 5) is 0. The quantitative estimate of drug-likeness (QED) is 0.772. The van der Waals surface area contributed by atoms with Crippen molar-refractivity contribution in [3.63, 3.8) is 0 Å². The van der Waals surface area contributed by atoms with Crippen molar-refractivity contribution in [2.75, 3.05) is 13.3 Å². The van der Waals surface area contributed by atoms with Crippen molar-refractivity contribution in [2.45, 2.75) is 37.2 Å². The minimum atomic E-state index is -2.17. The predicted molar refractivity (Wildman–Crippen MR) is 77.1 cm³/mol. The van der Waals surface area contributed by atoms with Crippen LogP contribution >= 0.6 is 0 Å². The van der Waals surface area contributed by atoms with E-state index in [1.807, 2.05) is 0 Å². The Kier molecular flexibility index (Phi) is 6.83. The summed E-state index contributed by atoms with van der Waals surface area (Å²) in [5.74, 6) is -0.820. The number of aliphatic hydroxyl groups is 1. The zero-order valence-corrected chi connectivity index (χ0v) is 12.8. The maximum Gasteiger partial charge on any atom is 0.149 e. The standard InChI is InChI=1S/C14H20F3NO2S/c1-3-10(2)21(20)18-14(9-15,13(17)8-19)11-6-4-5-7-12(11)16/h4-7,10,13,18-19H,3,8-9H2,1-2H3/t10-,13+,14-,21?/m1/s1. The molecule has 1 aromatic rings. The average molecular weight is 323 g/mol.